The van der Waals surface area contributed by atoms with Crippen LogP contribution in [0.25, 0.3) is 0 Å². The molecule has 2 rings (SSSR count). The van der Waals surface area contributed by atoms with Crippen molar-refractivity contribution in [3.05, 3.63) is 29.8 Å². The average Bonchev–Trinajstić information content (AvgIpc) is 2.60. The maximum absolute atomic E-state index is 13.3. The number of carbonyl (C=O) groups excluding carboxylic acids is 1. The molecule has 0 aromatic heterocycles. The van der Waals surface area contributed by atoms with Gasteiger partial charge in [-0.3, -0.25) is 9.69 Å². The summed E-state index contributed by atoms with van der Waals surface area (Å²) in [6.45, 7) is 4.92. The van der Waals surface area contributed by atoms with Crippen LogP contribution < -0.4 is 15.4 Å². The minimum absolute atomic E-state index is 0.304. The molecule has 1 saturated heterocycles. The summed E-state index contributed by atoms with van der Waals surface area (Å²) in [7, 11) is 0. The van der Waals surface area contributed by atoms with Gasteiger partial charge in [-0.25, -0.2) is 0 Å². The van der Waals surface area contributed by atoms with Gasteiger partial charge in [0, 0.05) is 32.7 Å². The number of hydrogen-bond donors (Lipinski definition) is 2. The molecule has 0 spiro atoms. The molecule has 5 nitrogen and oxygen atoms in total. The molecule has 0 saturated carbocycles. The van der Waals surface area contributed by atoms with E-state index in [1.54, 1.807) is 6.07 Å². The number of benzene rings is 1. The summed E-state index contributed by atoms with van der Waals surface area (Å²) in [6.07, 6.45) is -4.39. The summed E-state index contributed by atoms with van der Waals surface area (Å²) < 4.78 is 45.2. The molecule has 0 radical (unpaired) electrons. The maximum Gasteiger partial charge on any atom is 0.405 e. The number of halogens is 3. The predicted molar refractivity (Wildman–Crippen MR) is 93.3 cm³/mol. The van der Waals surface area contributed by atoms with E-state index in [-0.39, 0.29) is 6.61 Å². The number of alkyl halides is 3. The molecule has 0 aliphatic carbocycles. The van der Waals surface area contributed by atoms with Crippen molar-refractivity contribution in [2.45, 2.75) is 32.0 Å². The van der Waals surface area contributed by atoms with E-state index in [0.717, 1.165) is 5.56 Å². The fraction of sp³-hybridized carbons (Fsp3) is 0.611. The van der Waals surface area contributed by atoms with Gasteiger partial charge in [-0.15, -0.1) is 0 Å². The number of nitrogens with zero attached hydrogens (tertiary/aromatic N) is 1. The van der Waals surface area contributed by atoms with Gasteiger partial charge in [-0.1, -0.05) is 26.0 Å². The highest BCUT2D eigenvalue weighted by atomic mass is 19.4. The lowest BCUT2D eigenvalue weighted by molar-refractivity contribution is -0.184. The van der Waals surface area contributed by atoms with Crippen molar-refractivity contribution in [1.29, 1.82) is 0 Å². The highest BCUT2D eigenvalue weighted by Crippen LogP contribution is 2.25. The van der Waals surface area contributed by atoms with Crippen LogP contribution in [0.5, 0.6) is 5.75 Å². The van der Waals surface area contributed by atoms with Crippen LogP contribution in [0.1, 0.15) is 25.3 Å². The summed E-state index contributed by atoms with van der Waals surface area (Å²) in [5.74, 6) is 0.282. The summed E-state index contributed by atoms with van der Waals surface area (Å²) in [5.41, 5.74) is 1.07. The van der Waals surface area contributed by atoms with Crippen LogP contribution in [0.2, 0.25) is 0 Å². The van der Waals surface area contributed by atoms with E-state index < -0.39 is 24.7 Å². The van der Waals surface area contributed by atoms with Crippen molar-refractivity contribution in [3.63, 3.8) is 0 Å². The minimum atomic E-state index is -4.39. The van der Waals surface area contributed by atoms with Crippen molar-refractivity contribution >= 4 is 5.91 Å². The molecule has 146 valence electrons. The van der Waals surface area contributed by atoms with Crippen LogP contribution in [0.15, 0.2) is 24.3 Å². The zero-order valence-corrected chi connectivity index (χ0v) is 15.1. The number of piperazine rings is 1. The Bertz CT molecular complexity index is 587. The van der Waals surface area contributed by atoms with E-state index in [4.69, 9.17) is 4.74 Å². The Morgan fingerprint density at radius 1 is 1.31 bits per heavy atom. The topological polar surface area (TPSA) is 53.6 Å². The smallest absolute Gasteiger partial charge is 0.405 e. The lowest BCUT2D eigenvalue weighted by Crippen LogP contribution is -2.57. The third kappa shape index (κ3) is 6.17. The number of hydrogen-bond acceptors (Lipinski definition) is 4. The molecule has 1 aromatic carbocycles. The second-order valence-corrected chi connectivity index (χ2v) is 6.66. The van der Waals surface area contributed by atoms with Gasteiger partial charge >= 0.3 is 6.18 Å². The summed E-state index contributed by atoms with van der Waals surface area (Å²) in [6, 6.07) is 5.65. The average molecular weight is 373 g/mol. The van der Waals surface area contributed by atoms with Crippen LogP contribution in [-0.2, 0) is 4.79 Å². The number of ether oxygens (including phenoxy) is 1. The van der Waals surface area contributed by atoms with E-state index in [1.807, 2.05) is 32.0 Å². The molecule has 1 heterocycles. The van der Waals surface area contributed by atoms with Crippen LogP contribution >= 0.6 is 0 Å². The van der Waals surface area contributed by atoms with E-state index in [0.29, 0.717) is 37.8 Å². The molecule has 0 bridgehead atoms. The normalized spacial score (nSPS) is 17.2. The van der Waals surface area contributed by atoms with Gasteiger partial charge in [-0.05, 0) is 23.6 Å². The summed E-state index contributed by atoms with van der Waals surface area (Å²) >= 11 is 0. The Morgan fingerprint density at radius 3 is 2.62 bits per heavy atom. The molecule has 26 heavy (non-hydrogen) atoms. The number of nitrogens with one attached hydrogen (secondary N) is 2. The summed E-state index contributed by atoms with van der Waals surface area (Å²) in [4.78, 5) is 13.3. The second kappa shape index (κ2) is 9.23. The monoisotopic (exact) mass is 373 g/mol. The van der Waals surface area contributed by atoms with Gasteiger partial charge in [0.05, 0.1) is 0 Å². The van der Waals surface area contributed by atoms with Crippen molar-refractivity contribution in [1.82, 2.24) is 15.5 Å². The standard InChI is InChI=1S/C18H26F3N3O2/c1-13(2)14-4-3-5-15(10-14)26-12-17(25)23-11-16(18(19,20)21)24-8-6-22-7-9-24/h3-5,10,13,16,22H,6-9,11-12H2,1-2H3,(H,23,25). The fourth-order valence-corrected chi connectivity index (χ4v) is 2.82. The van der Waals surface area contributed by atoms with Crippen LogP contribution in [0, 0.1) is 0 Å². The molecular formula is C18H26F3N3O2. The van der Waals surface area contributed by atoms with Crippen molar-refractivity contribution in [3.8, 4) is 5.75 Å². The molecule has 1 aliphatic rings. The quantitative estimate of drug-likeness (QED) is 0.769. The van der Waals surface area contributed by atoms with E-state index in [2.05, 4.69) is 10.6 Å². The predicted octanol–water partition coefficient (Wildman–Crippen LogP) is 2.14. The maximum atomic E-state index is 13.3. The van der Waals surface area contributed by atoms with Crippen LogP contribution in [0.3, 0.4) is 0 Å². The molecule has 1 unspecified atom stereocenters. The highest BCUT2D eigenvalue weighted by Gasteiger charge is 2.43. The van der Waals surface area contributed by atoms with E-state index in [1.165, 1.54) is 4.90 Å². The Hall–Kier alpha value is -1.80. The molecule has 2 N–H and O–H groups in total. The van der Waals surface area contributed by atoms with Crippen molar-refractivity contribution in [2.24, 2.45) is 0 Å². The third-order valence-electron chi connectivity index (χ3n) is 4.36. The minimum Gasteiger partial charge on any atom is -0.484 e. The van der Waals surface area contributed by atoms with Gasteiger partial charge in [-0.2, -0.15) is 13.2 Å². The molecule has 1 atom stereocenters. The van der Waals surface area contributed by atoms with Crippen molar-refractivity contribution < 1.29 is 22.7 Å². The van der Waals surface area contributed by atoms with Gasteiger partial charge in [0.1, 0.15) is 11.8 Å². The first kappa shape index (κ1) is 20.5. The van der Waals surface area contributed by atoms with Gasteiger partial charge in [0.25, 0.3) is 5.91 Å². The largest absolute Gasteiger partial charge is 0.484 e. The number of amides is 1. The van der Waals surface area contributed by atoms with Gasteiger partial charge in [0.2, 0.25) is 0 Å². The SMILES string of the molecule is CC(C)c1cccc(OCC(=O)NCC(N2CCNCC2)C(F)(F)F)c1. The Morgan fingerprint density at radius 2 is 2.00 bits per heavy atom. The van der Waals surface area contributed by atoms with Gasteiger partial charge < -0.3 is 15.4 Å². The first-order valence-electron chi connectivity index (χ1n) is 8.78. The Kier molecular flexibility index (Phi) is 7.28. The molecule has 1 aromatic rings. The first-order chi connectivity index (χ1) is 12.3. The first-order valence-corrected chi connectivity index (χ1v) is 8.78. The van der Waals surface area contributed by atoms with E-state index in [9.17, 15) is 18.0 Å². The lowest BCUT2D eigenvalue weighted by atomic mass is 10.0. The lowest BCUT2D eigenvalue weighted by Gasteiger charge is -2.35. The number of rotatable bonds is 7. The second-order valence-electron chi connectivity index (χ2n) is 6.66. The zero-order valence-electron chi connectivity index (χ0n) is 15.1. The van der Waals surface area contributed by atoms with Crippen molar-refractivity contribution in [2.75, 3.05) is 39.3 Å². The third-order valence-corrected chi connectivity index (χ3v) is 4.36. The molecule has 8 heteroatoms. The van der Waals surface area contributed by atoms with Crippen LogP contribution in [-0.4, -0.2) is 62.4 Å². The Labute approximate surface area is 151 Å². The summed E-state index contributed by atoms with van der Waals surface area (Å²) in [5, 5.41) is 5.37. The molecule has 1 fully saturated rings. The zero-order chi connectivity index (χ0) is 19.2. The van der Waals surface area contributed by atoms with Gasteiger partial charge in [0.15, 0.2) is 6.61 Å². The molecule has 1 amide bonds. The fourth-order valence-electron chi connectivity index (χ4n) is 2.82. The highest BCUT2D eigenvalue weighted by molar-refractivity contribution is 5.77. The van der Waals surface area contributed by atoms with Crippen LogP contribution in [0.4, 0.5) is 13.2 Å². The number of carbonyl (C=O) groups is 1. The van der Waals surface area contributed by atoms with E-state index >= 15 is 0 Å². The Balaban J connectivity index is 1.85. The molecule has 1 aliphatic heterocycles. The molecular weight excluding hydrogens is 347 g/mol.